The lowest BCUT2D eigenvalue weighted by Gasteiger charge is -2.11. The number of aromatic nitrogens is 8. The van der Waals surface area contributed by atoms with E-state index in [0.717, 1.165) is 0 Å². The second kappa shape index (κ2) is 6.67. The first kappa shape index (κ1) is 15.8. The number of hydrogen-bond donors (Lipinski definition) is 2. The quantitative estimate of drug-likeness (QED) is 0.560. The van der Waals surface area contributed by atoms with Crippen LogP contribution in [0.2, 0.25) is 0 Å². The van der Waals surface area contributed by atoms with Crippen LogP contribution in [-0.2, 0) is 0 Å². The number of nitrogens with zero attached hydrogens (tertiary/aromatic N) is 8. The Bertz CT molecular complexity index is 1010. The van der Waals surface area contributed by atoms with E-state index < -0.39 is 0 Å². The van der Waals surface area contributed by atoms with Gasteiger partial charge in [0.05, 0.1) is 42.5 Å². The monoisotopic (exact) mass is 348 g/mol. The van der Waals surface area contributed by atoms with Crippen LogP contribution in [0.4, 0.5) is 23.1 Å². The van der Waals surface area contributed by atoms with Gasteiger partial charge in [-0.1, -0.05) is 0 Å². The van der Waals surface area contributed by atoms with Gasteiger partial charge in [0.1, 0.15) is 12.7 Å². The van der Waals surface area contributed by atoms with Gasteiger partial charge in [0, 0.05) is 6.04 Å². The van der Waals surface area contributed by atoms with E-state index in [1.165, 1.54) is 12.7 Å². The highest BCUT2D eigenvalue weighted by Gasteiger charge is 2.15. The SMILES string of the molecule is CC(C)n1cnc2c(Nc3cncnc3)nc(Nc3cncnc3)nc21. The molecule has 10 heteroatoms. The molecular weight excluding hydrogens is 332 g/mol. The fourth-order valence-corrected chi connectivity index (χ4v) is 2.43. The molecule has 10 nitrogen and oxygen atoms in total. The lowest BCUT2D eigenvalue weighted by atomic mass is 10.4. The molecule has 0 spiro atoms. The summed E-state index contributed by atoms with van der Waals surface area (Å²) < 4.78 is 1.98. The van der Waals surface area contributed by atoms with Crippen molar-refractivity contribution in [3.05, 3.63) is 43.8 Å². The van der Waals surface area contributed by atoms with Crippen LogP contribution in [0.1, 0.15) is 19.9 Å². The Kier molecular flexibility index (Phi) is 4.06. The number of hydrogen-bond acceptors (Lipinski definition) is 9. The third kappa shape index (κ3) is 3.11. The summed E-state index contributed by atoms with van der Waals surface area (Å²) >= 11 is 0. The summed E-state index contributed by atoms with van der Waals surface area (Å²) in [5.74, 6) is 0.970. The summed E-state index contributed by atoms with van der Waals surface area (Å²) in [6, 6.07) is 0.204. The van der Waals surface area contributed by atoms with Crippen molar-refractivity contribution < 1.29 is 0 Å². The smallest absolute Gasteiger partial charge is 0.231 e. The van der Waals surface area contributed by atoms with Gasteiger partial charge in [-0.25, -0.2) is 24.9 Å². The van der Waals surface area contributed by atoms with Crippen molar-refractivity contribution in [2.75, 3.05) is 10.6 Å². The Morgan fingerprint density at radius 2 is 1.46 bits per heavy atom. The zero-order valence-corrected chi connectivity index (χ0v) is 14.2. The van der Waals surface area contributed by atoms with Crippen LogP contribution in [-0.4, -0.2) is 39.5 Å². The van der Waals surface area contributed by atoms with Crippen LogP contribution < -0.4 is 10.6 Å². The van der Waals surface area contributed by atoms with Crippen molar-refractivity contribution >= 4 is 34.3 Å². The number of rotatable bonds is 5. The number of fused-ring (bicyclic) bond motifs is 1. The van der Waals surface area contributed by atoms with E-state index in [2.05, 4.69) is 59.4 Å². The molecular formula is C16H16N10. The third-order valence-electron chi connectivity index (χ3n) is 3.62. The standard InChI is InChI=1S/C16H16N10/c1-10(2)26-9-21-13-14(22-11-3-17-7-18-4-11)24-16(25-15(13)26)23-12-5-19-8-20-6-12/h3-10H,1-2H3,(H2,22,23,24,25). The molecule has 0 atom stereocenters. The van der Waals surface area contributed by atoms with E-state index >= 15 is 0 Å². The molecule has 0 amide bonds. The van der Waals surface area contributed by atoms with Gasteiger partial charge in [0.15, 0.2) is 17.0 Å². The molecule has 2 N–H and O–H groups in total. The van der Waals surface area contributed by atoms with Crippen LogP contribution in [0.5, 0.6) is 0 Å². The molecule has 0 aliphatic heterocycles. The number of anilines is 4. The molecule has 0 bridgehead atoms. The van der Waals surface area contributed by atoms with Crippen LogP contribution in [0.3, 0.4) is 0 Å². The molecule has 4 aromatic heterocycles. The zero-order chi connectivity index (χ0) is 17.9. The molecule has 0 saturated carbocycles. The van der Waals surface area contributed by atoms with E-state index in [-0.39, 0.29) is 6.04 Å². The summed E-state index contributed by atoms with van der Waals surface area (Å²) in [6.07, 6.45) is 11.3. The Balaban J connectivity index is 1.80. The highest BCUT2D eigenvalue weighted by Crippen LogP contribution is 2.26. The Morgan fingerprint density at radius 1 is 0.846 bits per heavy atom. The summed E-state index contributed by atoms with van der Waals surface area (Å²) in [6.45, 7) is 4.14. The van der Waals surface area contributed by atoms with Crippen molar-refractivity contribution in [1.82, 2.24) is 39.5 Å². The highest BCUT2D eigenvalue weighted by molar-refractivity contribution is 5.86. The van der Waals surface area contributed by atoms with Gasteiger partial charge in [0.25, 0.3) is 0 Å². The molecule has 0 aliphatic rings. The Hall–Kier alpha value is -3.69. The summed E-state index contributed by atoms with van der Waals surface area (Å²) in [5, 5.41) is 6.32. The second-order valence-corrected chi connectivity index (χ2v) is 5.82. The summed E-state index contributed by atoms with van der Waals surface area (Å²) in [5.41, 5.74) is 2.78. The molecule has 0 saturated heterocycles. The highest BCUT2D eigenvalue weighted by atomic mass is 15.2. The van der Waals surface area contributed by atoms with Crippen LogP contribution >= 0.6 is 0 Å². The lowest BCUT2D eigenvalue weighted by Crippen LogP contribution is -2.06. The summed E-state index contributed by atoms with van der Waals surface area (Å²) in [4.78, 5) is 29.6. The van der Waals surface area contributed by atoms with Gasteiger partial charge in [-0.3, -0.25) is 0 Å². The molecule has 26 heavy (non-hydrogen) atoms. The van der Waals surface area contributed by atoms with Gasteiger partial charge in [-0.05, 0) is 13.8 Å². The largest absolute Gasteiger partial charge is 0.336 e. The maximum atomic E-state index is 4.61. The molecule has 130 valence electrons. The molecule has 0 fully saturated rings. The first-order valence-electron chi connectivity index (χ1n) is 7.99. The Labute approximate surface area is 148 Å². The second-order valence-electron chi connectivity index (χ2n) is 5.82. The normalized spacial score (nSPS) is 11.0. The molecule has 4 aromatic rings. The minimum Gasteiger partial charge on any atom is -0.336 e. The van der Waals surface area contributed by atoms with Gasteiger partial charge >= 0.3 is 0 Å². The lowest BCUT2D eigenvalue weighted by molar-refractivity contribution is 0.613. The van der Waals surface area contributed by atoms with Crippen LogP contribution in [0, 0.1) is 0 Å². The first-order valence-corrected chi connectivity index (χ1v) is 7.99. The van der Waals surface area contributed by atoms with Gasteiger partial charge in [-0.15, -0.1) is 0 Å². The van der Waals surface area contributed by atoms with E-state index in [1.807, 2.05) is 4.57 Å². The third-order valence-corrected chi connectivity index (χ3v) is 3.62. The maximum Gasteiger partial charge on any atom is 0.231 e. The zero-order valence-electron chi connectivity index (χ0n) is 14.2. The van der Waals surface area contributed by atoms with Gasteiger partial charge in [0.2, 0.25) is 5.95 Å². The van der Waals surface area contributed by atoms with Gasteiger partial charge < -0.3 is 15.2 Å². The van der Waals surface area contributed by atoms with Crippen molar-refractivity contribution in [3.8, 4) is 0 Å². The molecule has 0 aliphatic carbocycles. The fraction of sp³-hybridized carbons (Fsp3) is 0.188. The number of imidazole rings is 1. The molecule has 4 rings (SSSR count). The molecule has 0 unspecified atom stereocenters. The van der Waals surface area contributed by atoms with Crippen molar-refractivity contribution in [1.29, 1.82) is 0 Å². The van der Waals surface area contributed by atoms with Crippen molar-refractivity contribution in [3.63, 3.8) is 0 Å². The molecule has 4 heterocycles. The Morgan fingerprint density at radius 3 is 2.08 bits per heavy atom. The van der Waals surface area contributed by atoms with E-state index in [4.69, 9.17) is 0 Å². The first-order chi connectivity index (χ1) is 12.7. The number of nitrogens with one attached hydrogen (secondary N) is 2. The predicted molar refractivity (Wildman–Crippen MR) is 96.3 cm³/mol. The molecule has 0 aromatic carbocycles. The maximum absolute atomic E-state index is 4.61. The fourth-order valence-electron chi connectivity index (χ4n) is 2.43. The van der Waals surface area contributed by atoms with Gasteiger partial charge in [-0.2, -0.15) is 9.97 Å². The predicted octanol–water partition coefficient (Wildman–Crippen LogP) is 2.47. The van der Waals surface area contributed by atoms with E-state index in [0.29, 0.717) is 34.3 Å². The van der Waals surface area contributed by atoms with Crippen molar-refractivity contribution in [2.24, 2.45) is 0 Å². The van der Waals surface area contributed by atoms with E-state index in [1.54, 1.807) is 31.1 Å². The van der Waals surface area contributed by atoms with Crippen LogP contribution in [0.25, 0.3) is 11.2 Å². The minimum atomic E-state index is 0.204. The van der Waals surface area contributed by atoms with Crippen molar-refractivity contribution in [2.45, 2.75) is 19.9 Å². The molecule has 0 radical (unpaired) electrons. The summed E-state index contributed by atoms with van der Waals surface area (Å²) in [7, 11) is 0. The average molecular weight is 348 g/mol. The topological polar surface area (TPSA) is 119 Å². The van der Waals surface area contributed by atoms with E-state index in [9.17, 15) is 0 Å². The minimum absolute atomic E-state index is 0.204. The average Bonchev–Trinajstić information content (AvgIpc) is 3.08. The van der Waals surface area contributed by atoms with Crippen LogP contribution in [0.15, 0.2) is 43.8 Å².